The number of nitrogens with one attached hydrogen (secondary N) is 1. The van der Waals surface area contributed by atoms with E-state index in [1.807, 2.05) is 4.90 Å². The Morgan fingerprint density at radius 3 is 2.79 bits per heavy atom. The largest absolute Gasteiger partial charge is 0.373 e. The molecule has 1 aromatic rings. The summed E-state index contributed by atoms with van der Waals surface area (Å²) in [6.07, 6.45) is 6.30. The van der Waals surface area contributed by atoms with Gasteiger partial charge in [0, 0.05) is 25.8 Å². The topological polar surface area (TPSA) is 45.2 Å². The van der Waals surface area contributed by atoms with Gasteiger partial charge in [-0.2, -0.15) is 0 Å². The van der Waals surface area contributed by atoms with Gasteiger partial charge in [-0.15, -0.1) is 0 Å². The molecule has 0 aliphatic heterocycles. The molecular formula is C14H18ClN3O. The number of anilines is 1. The molecule has 0 unspecified atom stereocenters. The van der Waals surface area contributed by atoms with Gasteiger partial charge in [0.1, 0.15) is 5.82 Å². The molecule has 1 N–H and O–H groups in total. The van der Waals surface area contributed by atoms with Gasteiger partial charge in [-0.1, -0.05) is 11.6 Å². The van der Waals surface area contributed by atoms with Gasteiger partial charge in [0.05, 0.1) is 10.6 Å². The molecular weight excluding hydrogens is 262 g/mol. The van der Waals surface area contributed by atoms with Crippen LogP contribution in [0.2, 0.25) is 5.02 Å². The van der Waals surface area contributed by atoms with Gasteiger partial charge in [-0.05, 0) is 37.7 Å². The van der Waals surface area contributed by atoms with E-state index in [2.05, 4.69) is 10.3 Å². The number of nitrogens with zero attached hydrogens (tertiary/aromatic N) is 2. The van der Waals surface area contributed by atoms with Gasteiger partial charge < -0.3 is 10.2 Å². The number of hydrogen-bond acceptors (Lipinski definition) is 3. The van der Waals surface area contributed by atoms with Crippen LogP contribution >= 0.6 is 11.6 Å². The third-order valence-corrected chi connectivity index (χ3v) is 4.04. The standard InChI is InChI=1S/C14H18ClN3O/c1-16-13-6-11(12(15)7-17-13)14(19)18(10-4-5-10)8-9-2-3-9/h6-7,9-10H,2-5,8H2,1H3,(H,16,17). The van der Waals surface area contributed by atoms with E-state index in [9.17, 15) is 4.79 Å². The fourth-order valence-electron chi connectivity index (χ4n) is 2.26. The predicted octanol–water partition coefficient (Wildman–Crippen LogP) is 2.79. The summed E-state index contributed by atoms with van der Waals surface area (Å²) in [5.74, 6) is 1.43. The molecule has 2 aliphatic rings. The number of hydrogen-bond donors (Lipinski definition) is 1. The van der Waals surface area contributed by atoms with Crippen LogP contribution in [0.4, 0.5) is 5.82 Å². The first-order chi connectivity index (χ1) is 9.19. The molecule has 2 saturated carbocycles. The molecule has 5 heteroatoms. The van der Waals surface area contributed by atoms with Crippen molar-refractivity contribution in [2.24, 2.45) is 5.92 Å². The first-order valence-electron chi connectivity index (χ1n) is 6.83. The van der Waals surface area contributed by atoms with Crippen LogP contribution in [-0.2, 0) is 0 Å². The van der Waals surface area contributed by atoms with Crippen LogP contribution in [0, 0.1) is 5.92 Å². The molecule has 0 radical (unpaired) electrons. The molecule has 3 rings (SSSR count). The van der Waals surface area contributed by atoms with Crippen molar-refractivity contribution >= 4 is 23.3 Å². The predicted molar refractivity (Wildman–Crippen MR) is 75.6 cm³/mol. The maximum Gasteiger partial charge on any atom is 0.255 e. The highest BCUT2D eigenvalue weighted by atomic mass is 35.5. The second-order valence-corrected chi connectivity index (χ2v) is 5.84. The van der Waals surface area contributed by atoms with Gasteiger partial charge in [0.25, 0.3) is 5.91 Å². The van der Waals surface area contributed by atoms with Crippen LogP contribution in [0.25, 0.3) is 0 Å². The fourth-order valence-corrected chi connectivity index (χ4v) is 2.44. The van der Waals surface area contributed by atoms with Crippen molar-refractivity contribution in [3.8, 4) is 0 Å². The van der Waals surface area contributed by atoms with Crippen molar-refractivity contribution in [1.82, 2.24) is 9.88 Å². The van der Waals surface area contributed by atoms with Crippen LogP contribution in [0.1, 0.15) is 36.0 Å². The zero-order chi connectivity index (χ0) is 13.4. The second kappa shape index (κ2) is 5.00. The zero-order valence-electron chi connectivity index (χ0n) is 11.0. The Bertz CT molecular complexity index is 497. The van der Waals surface area contributed by atoms with Crippen molar-refractivity contribution in [3.05, 3.63) is 22.8 Å². The number of aromatic nitrogens is 1. The summed E-state index contributed by atoms with van der Waals surface area (Å²) in [4.78, 5) is 18.8. The van der Waals surface area contributed by atoms with E-state index in [0.717, 1.165) is 19.4 Å². The highest BCUT2D eigenvalue weighted by Crippen LogP contribution is 2.36. The third kappa shape index (κ3) is 2.84. The van der Waals surface area contributed by atoms with Gasteiger partial charge in [0.15, 0.2) is 0 Å². The molecule has 0 spiro atoms. The summed E-state index contributed by atoms with van der Waals surface area (Å²) in [5.41, 5.74) is 0.563. The number of rotatable bonds is 5. The minimum atomic E-state index is 0.0540. The van der Waals surface area contributed by atoms with E-state index >= 15 is 0 Å². The minimum absolute atomic E-state index is 0.0540. The molecule has 102 valence electrons. The molecule has 1 heterocycles. The minimum Gasteiger partial charge on any atom is -0.373 e. The van der Waals surface area contributed by atoms with Crippen LogP contribution in [0.15, 0.2) is 12.3 Å². The Labute approximate surface area is 118 Å². The average Bonchev–Trinajstić information content (AvgIpc) is 3.28. The Balaban J connectivity index is 1.83. The fraction of sp³-hybridized carbons (Fsp3) is 0.571. The lowest BCUT2D eigenvalue weighted by molar-refractivity contribution is 0.0735. The zero-order valence-corrected chi connectivity index (χ0v) is 11.8. The molecule has 0 bridgehead atoms. The van der Waals surface area contributed by atoms with Crippen LogP contribution in [0.5, 0.6) is 0 Å². The Morgan fingerprint density at radius 1 is 1.47 bits per heavy atom. The average molecular weight is 280 g/mol. The maximum absolute atomic E-state index is 12.7. The summed E-state index contributed by atoms with van der Waals surface area (Å²) < 4.78 is 0. The second-order valence-electron chi connectivity index (χ2n) is 5.43. The monoisotopic (exact) mass is 279 g/mol. The van der Waals surface area contributed by atoms with E-state index in [4.69, 9.17) is 11.6 Å². The van der Waals surface area contributed by atoms with E-state index in [0.29, 0.717) is 28.4 Å². The molecule has 2 fully saturated rings. The number of pyridine rings is 1. The van der Waals surface area contributed by atoms with E-state index in [1.165, 1.54) is 12.8 Å². The van der Waals surface area contributed by atoms with Crippen molar-refractivity contribution in [2.75, 3.05) is 18.9 Å². The van der Waals surface area contributed by atoms with Crippen LogP contribution in [0.3, 0.4) is 0 Å². The molecule has 1 aromatic heterocycles. The molecule has 1 amide bonds. The maximum atomic E-state index is 12.7. The van der Waals surface area contributed by atoms with Gasteiger partial charge in [-0.3, -0.25) is 4.79 Å². The summed E-state index contributed by atoms with van der Waals surface area (Å²) in [7, 11) is 1.79. The summed E-state index contributed by atoms with van der Waals surface area (Å²) in [5, 5.41) is 3.38. The van der Waals surface area contributed by atoms with Crippen molar-refractivity contribution < 1.29 is 4.79 Å². The van der Waals surface area contributed by atoms with Crippen LogP contribution in [-0.4, -0.2) is 35.4 Å². The molecule has 0 aromatic carbocycles. The summed E-state index contributed by atoms with van der Waals surface area (Å²) in [6.45, 7) is 0.886. The van der Waals surface area contributed by atoms with Gasteiger partial charge in [-0.25, -0.2) is 4.98 Å². The highest BCUT2D eigenvalue weighted by Gasteiger charge is 2.37. The molecule has 4 nitrogen and oxygen atoms in total. The van der Waals surface area contributed by atoms with Crippen molar-refractivity contribution in [3.63, 3.8) is 0 Å². The molecule has 0 saturated heterocycles. The van der Waals surface area contributed by atoms with Gasteiger partial charge >= 0.3 is 0 Å². The van der Waals surface area contributed by atoms with Crippen LogP contribution < -0.4 is 5.32 Å². The van der Waals surface area contributed by atoms with Crippen molar-refractivity contribution in [1.29, 1.82) is 0 Å². The lowest BCUT2D eigenvalue weighted by Crippen LogP contribution is -2.35. The van der Waals surface area contributed by atoms with E-state index < -0.39 is 0 Å². The molecule has 2 aliphatic carbocycles. The Kier molecular flexibility index (Phi) is 3.35. The first kappa shape index (κ1) is 12.7. The lowest BCUT2D eigenvalue weighted by atomic mass is 10.2. The Morgan fingerprint density at radius 2 is 2.21 bits per heavy atom. The lowest BCUT2D eigenvalue weighted by Gasteiger charge is -2.23. The smallest absolute Gasteiger partial charge is 0.255 e. The number of carbonyl (C=O) groups excluding carboxylic acids is 1. The number of amides is 1. The number of carbonyl (C=O) groups is 1. The quantitative estimate of drug-likeness (QED) is 0.901. The highest BCUT2D eigenvalue weighted by molar-refractivity contribution is 6.33. The molecule has 0 atom stereocenters. The first-order valence-corrected chi connectivity index (χ1v) is 7.21. The number of halogens is 1. The molecule has 19 heavy (non-hydrogen) atoms. The summed E-state index contributed by atoms with van der Waals surface area (Å²) >= 11 is 6.13. The normalized spacial score (nSPS) is 18.2. The SMILES string of the molecule is CNc1cc(C(=O)N(CC2CC2)C2CC2)c(Cl)cn1. The van der Waals surface area contributed by atoms with Gasteiger partial charge in [0.2, 0.25) is 0 Å². The van der Waals surface area contributed by atoms with E-state index in [-0.39, 0.29) is 5.91 Å². The van der Waals surface area contributed by atoms with E-state index in [1.54, 1.807) is 19.3 Å². The third-order valence-electron chi connectivity index (χ3n) is 3.74. The Hall–Kier alpha value is -1.29. The summed E-state index contributed by atoms with van der Waals surface area (Å²) in [6, 6.07) is 2.17. The van der Waals surface area contributed by atoms with Crippen molar-refractivity contribution in [2.45, 2.75) is 31.7 Å².